The first kappa shape index (κ1) is 21.5. The minimum Gasteiger partial charge on any atom is -0.491 e. The smallest absolute Gasteiger partial charge is 0.411 e. The van der Waals surface area contributed by atoms with Crippen molar-refractivity contribution >= 4 is 28.4 Å². The Balaban J connectivity index is 1.96. The Morgan fingerprint density at radius 3 is 2.67 bits per heavy atom. The van der Waals surface area contributed by atoms with E-state index in [0.717, 1.165) is 34.5 Å². The number of nitrogens with two attached hydrogens (primary N) is 1. The molecule has 1 aromatic heterocycles. The normalized spacial score (nSPS) is 11.1. The molecule has 0 atom stereocenters. The molecule has 0 saturated carbocycles. The molecular formula is C23H29N3O4. The number of carbonyl (C=O) groups excluding carboxylic acids is 1. The van der Waals surface area contributed by atoms with Gasteiger partial charge in [-0.15, -0.1) is 0 Å². The maximum absolute atomic E-state index is 12.0. The van der Waals surface area contributed by atoms with Crippen LogP contribution in [0.2, 0.25) is 0 Å². The number of hydrogen-bond acceptors (Lipinski definition) is 5. The molecule has 160 valence electrons. The number of methoxy groups -OCH3 is 1. The van der Waals surface area contributed by atoms with Crippen molar-refractivity contribution < 1.29 is 19.0 Å². The number of nitrogens with one attached hydrogen (secondary N) is 1. The van der Waals surface area contributed by atoms with Gasteiger partial charge in [0.15, 0.2) is 0 Å². The Morgan fingerprint density at radius 2 is 1.97 bits per heavy atom. The lowest BCUT2D eigenvalue weighted by Crippen LogP contribution is -2.16. The van der Waals surface area contributed by atoms with Crippen LogP contribution in [0.5, 0.6) is 5.75 Å². The van der Waals surface area contributed by atoms with Gasteiger partial charge in [0.05, 0.1) is 29.6 Å². The molecule has 7 heteroatoms. The third-order valence-corrected chi connectivity index (χ3v) is 4.67. The molecule has 3 N–H and O–H groups in total. The van der Waals surface area contributed by atoms with Gasteiger partial charge in [0, 0.05) is 36.4 Å². The van der Waals surface area contributed by atoms with E-state index in [-0.39, 0.29) is 12.7 Å². The molecule has 30 heavy (non-hydrogen) atoms. The highest BCUT2D eigenvalue weighted by Gasteiger charge is 2.17. The summed E-state index contributed by atoms with van der Waals surface area (Å²) in [6.07, 6.45) is -0.431. The number of nitrogen functional groups attached to an aromatic ring is 1. The van der Waals surface area contributed by atoms with Crippen molar-refractivity contribution in [1.82, 2.24) is 4.57 Å². The molecule has 1 heterocycles. The van der Waals surface area contributed by atoms with Gasteiger partial charge in [-0.1, -0.05) is 12.1 Å². The number of fused-ring (bicyclic) bond motifs is 1. The van der Waals surface area contributed by atoms with E-state index in [1.165, 1.54) is 0 Å². The highest BCUT2D eigenvalue weighted by atomic mass is 16.6. The van der Waals surface area contributed by atoms with E-state index < -0.39 is 6.09 Å². The summed E-state index contributed by atoms with van der Waals surface area (Å²) in [6, 6.07) is 13.5. The first-order valence-corrected chi connectivity index (χ1v) is 10.1. The summed E-state index contributed by atoms with van der Waals surface area (Å²) >= 11 is 0. The maximum atomic E-state index is 12.0. The summed E-state index contributed by atoms with van der Waals surface area (Å²) in [5, 5.41) is 3.72. The molecule has 1 amide bonds. The van der Waals surface area contributed by atoms with E-state index in [2.05, 4.69) is 16.8 Å². The van der Waals surface area contributed by atoms with Crippen molar-refractivity contribution in [2.45, 2.75) is 33.4 Å². The van der Waals surface area contributed by atoms with E-state index >= 15 is 0 Å². The van der Waals surface area contributed by atoms with Crippen LogP contribution in [0.25, 0.3) is 22.2 Å². The predicted octanol–water partition coefficient (Wildman–Crippen LogP) is 4.89. The standard InChI is InChI=1S/C23H29N3O4/c1-5-26-20-14-18(30-15(2)3)9-10-19(20)21(24)22(26)16-7-6-8-17(13-16)25-23(27)29-12-11-28-4/h6-10,13-15H,5,11-12,24H2,1-4H3,(H,25,27). The summed E-state index contributed by atoms with van der Waals surface area (Å²) in [6.45, 7) is 7.37. The van der Waals surface area contributed by atoms with Gasteiger partial charge >= 0.3 is 6.09 Å². The fourth-order valence-electron chi connectivity index (χ4n) is 3.46. The number of aryl methyl sites for hydroxylation is 1. The van der Waals surface area contributed by atoms with Crippen molar-refractivity contribution in [3.8, 4) is 17.0 Å². The molecule has 0 bridgehead atoms. The fraction of sp³-hybridized carbons (Fsp3) is 0.348. The highest BCUT2D eigenvalue weighted by Crippen LogP contribution is 2.38. The number of aromatic nitrogens is 1. The van der Waals surface area contributed by atoms with Gasteiger partial charge in [-0.3, -0.25) is 5.32 Å². The number of nitrogens with zero attached hydrogens (tertiary/aromatic N) is 1. The number of ether oxygens (including phenoxy) is 3. The molecule has 2 aromatic carbocycles. The Kier molecular flexibility index (Phi) is 6.84. The molecule has 0 fully saturated rings. The quantitative estimate of drug-likeness (QED) is 0.515. The van der Waals surface area contributed by atoms with Crippen molar-refractivity contribution in [2.24, 2.45) is 0 Å². The van der Waals surface area contributed by atoms with E-state index in [1.54, 1.807) is 7.11 Å². The predicted molar refractivity (Wildman–Crippen MR) is 120 cm³/mol. The molecule has 0 saturated heterocycles. The first-order chi connectivity index (χ1) is 14.4. The van der Waals surface area contributed by atoms with Crippen LogP contribution in [-0.4, -0.2) is 37.1 Å². The number of carbonyl (C=O) groups is 1. The fourth-order valence-corrected chi connectivity index (χ4v) is 3.46. The van der Waals surface area contributed by atoms with Gasteiger partial charge in [0.25, 0.3) is 0 Å². The molecule has 7 nitrogen and oxygen atoms in total. The zero-order valence-electron chi connectivity index (χ0n) is 17.9. The van der Waals surface area contributed by atoms with Crippen molar-refractivity contribution in [1.29, 1.82) is 0 Å². The number of amides is 1. The number of rotatable bonds is 8. The van der Waals surface area contributed by atoms with Crippen LogP contribution in [0.15, 0.2) is 42.5 Å². The Labute approximate surface area is 176 Å². The SMILES string of the molecule is CCn1c(-c2cccc(NC(=O)OCCOC)c2)c(N)c2ccc(OC(C)C)cc21. The molecule has 0 spiro atoms. The summed E-state index contributed by atoms with van der Waals surface area (Å²) < 4.78 is 18.0. The average Bonchev–Trinajstić information content (AvgIpc) is 2.99. The third-order valence-electron chi connectivity index (χ3n) is 4.67. The summed E-state index contributed by atoms with van der Waals surface area (Å²) in [7, 11) is 1.56. The first-order valence-electron chi connectivity index (χ1n) is 10.1. The molecule has 0 aliphatic carbocycles. The molecule has 3 rings (SSSR count). The minimum absolute atomic E-state index is 0.0932. The van der Waals surface area contributed by atoms with Crippen LogP contribution >= 0.6 is 0 Å². The van der Waals surface area contributed by atoms with Crippen LogP contribution in [0.1, 0.15) is 20.8 Å². The lowest BCUT2D eigenvalue weighted by atomic mass is 10.1. The van der Waals surface area contributed by atoms with Crippen LogP contribution in [0.3, 0.4) is 0 Å². The summed E-state index contributed by atoms with van der Waals surface area (Å²) in [4.78, 5) is 12.0. The van der Waals surface area contributed by atoms with Crippen LogP contribution in [-0.2, 0) is 16.0 Å². The zero-order chi connectivity index (χ0) is 21.7. The summed E-state index contributed by atoms with van der Waals surface area (Å²) in [5.41, 5.74) is 10.7. The third kappa shape index (κ3) is 4.68. The molecule has 3 aromatic rings. The monoisotopic (exact) mass is 411 g/mol. The maximum Gasteiger partial charge on any atom is 0.411 e. The lowest BCUT2D eigenvalue weighted by Gasteiger charge is -2.12. The van der Waals surface area contributed by atoms with Gasteiger partial charge in [-0.05, 0) is 45.0 Å². The number of benzene rings is 2. The van der Waals surface area contributed by atoms with Crippen LogP contribution < -0.4 is 15.8 Å². The second-order valence-electron chi connectivity index (χ2n) is 7.19. The second-order valence-corrected chi connectivity index (χ2v) is 7.19. The molecule has 0 aliphatic rings. The van der Waals surface area contributed by atoms with E-state index in [0.29, 0.717) is 18.0 Å². The Bertz CT molecular complexity index is 1030. The van der Waals surface area contributed by atoms with Gasteiger partial charge in [-0.2, -0.15) is 0 Å². The Morgan fingerprint density at radius 1 is 1.17 bits per heavy atom. The van der Waals surface area contributed by atoms with Gasteiger partial charge in [0.2, 0.25) is 0 Å². The largest absolute Gasteiger partial charge is 0.491 e. The van der Waals surface area contributed by atoms with Crippen molar-refractivity contribution in [3.63, 3.8) is 0 Å². The Hall–Kier alpha value is -3.19. The molecule has 0 unspecified atom stereocenters. The second kappa shape index (κ2) is 9.54. The van der Waals surface area contributed by atoms with E-state index in [1.807, 2.05) is 56.3 Å². The number of hydrogen-bond donors (Lipinski definition) is 2. The minimum atomic E-state index is -0.524. The van der Waals surface area contributed by atoms with Crippen molar-refractivity contribution in [3.05, 3.63) is 42.5 Å². The van der Waals surface area contributed by atoms with Crippen molar-refractivity contribution in [2.75, 3.05) is 31.4 Å². The average molecular weight is 412 g/mol. The van der Waals surface area contributed by atoms with E-state index in [9.17, 15) is 4.79 Å². The van der Waals surface area contributed by atoms with Crippen LogP contribution in [0, 0.1) is 0 Å². The molecule has 0 radical (unpaired) electrons. The van der Waals surface area contributed by atoms with Crippen LogP contribution in [0.4, 0.5) is 16.2 Å². The van der Waals surface area contributed by atoms with Gasteiger partial charge in [0.1, 0.15) is 12.4 Å². The van der Waals surface area contributed by atoms with Gasteiger partial charge in [-0.25, -0.2) is 4.79 Å². The molecular weight excluding hydrogens is 382 g/mol. The number of anilines is 2. The van der Waals surface area contributed by atoms with Gasteiger partial charge < -0.3 is 24.5 Å². The summed E-state index contributed by atoms with van der Waals surface area (Å²) in [5.74, 6) is 0.811. The lowest BCUT2D eigenvalue weighted by molar-refractivity contribution is 0.107. The zero-order valence-corrected chi connectivity index (χ0v) is 17.9. The highest BCUT2D eigenvalue weighted by molar-refractivity contribution is 6.02. The topological polar surface area (TPSA) is 87.7 Å². The van der Waals surface area contributed by atoms with E-state index in [4.69, 9.17) is 19.9 Å². The molecule has 0 aliphatic heterocycles.